The van der Waals surface area contributed by atoms with Gasteiger partial charge in [0.25, 0.3) is 0 Å². The maximum atomic E-state index is 4.32. The molecule has 1 rings (SSSR count). The number of rotatable bonds is 1. The Morgan fingerprint density at radius 2 is 1.71 bits per heavy atom. The third kappa shape index (κ3) is 3.14. The second-order valence-electron chi connectivity index (χ2n) is 4.09. The summed E-state index contributed by atoms with van der Waals surface area (Å²) in [4.78, 5) is 9.03. The average Bonchev–Trinajstić information content (AvgIpc) is 2.15. The van der Waals surface area contributed by atoms with Crippen LogP contribution in [0.4, 0.5) is 0 Å². The van der Waals surface area contributed by atoms with Crippen LogP contribution in [0.15, 0.2) is 16.6 Å². The van der Waals surface area contributed by atoms with E-state index in [1.54, 1.807) is 0 Å². The van der Waals surface area contributed by atoms with E-state index in [9.17, 15) is 0 Å². The lowest BCUT2D eigenvalue weighted by atomic mass is 10.2. The number of likely N-dealkylation sites (N-methyl/N-ethyl adjacent to an activating group) is 1. The third-order valence-corrected chi connectivity index (χ3v) is 2.47. The summed E-state index contributed by atoms with van der Waals surface area (Å²) in [5, 5.41) is 0. The highest BCUT2D eigenvalue weighted by Crippen LogP contribution is 2.03. The zero-order valence-electron chi connectivity index (χ0n) is 9.75. The van der Waals surface area contributed by atoms with Crippen LogP contribution in [0.3, 0.4) is 0 Å². The van der Waals surface area contributed by atoms with Crippen LogP contribution in [0.1, 0.15) is 13.8 Å². The van der Waals surface area contributed by atoms with E-state index in [-0.39, 0.29) is 0 Å². The lowest BCUT2D eigenvalue weighted by Crippen LogP contribution is -2.46. The average molecular weight is 195 g/mol. The molecule has 0 radical (unpaired) electrons. The van der Waals surface area contributed by atoms with Crippen molar-refractivity contribution in [3.05, 3.63) is 11.6 Å². The first kappa shape index (κ1) is 11.2. The van der Waals surface area contributed by atoms with Gasteiger partial charge in [0.15, 0.2) is 0 Å². The number of nitrogens with zero attached hydrogens (tertiary/aromatic N) is 3. The molecule has 1 fully saturated rings. The van der Waals surface area contributed by atoms with Gasteiger partial charge in [-0.3, -0.25) is 4.99 Å². The summed E-state index contributed by atoms with van der Waals surface area (Å²) >= 11 is 0. The zero-order valence-corrected chi connectivity index (χ0v) is 9.75. The van der Waals surface area contributed by atoms with Gasteiger partial charge >= 0.3 is 0 Å². The zero-order chi connectivity index (χ0) is 10.6. The van der Waals surface area contributed by atoms with Gasteiger partial charge in [-0.2, -0.15) is 0 Å². The van der Waals surface area contributed by atoms with Crippen LogP contribution in [0.2, 0.25) is 0 Å². The summed E-state index contributed by atoms with van der Waals surface area (Å²) in [6, 6.07) is 0. The molecule has 0 aliphatic carbocycles. The third-order valence-electron chi connectivity index (χ3n) is 2.47. The van der Waals surface area contributed by atoms with Gasteiger partial charge in [0.05, 0.1) is 0 Å². The molecule has 0 aromatic carbocycles. The molecule has 0 aromatic heterocycles. The Morgan fingerprint density at radius 3 is 2.14 bits per heavy atom. The second kappa shape index (κ2) is 5.15. The molecule has 3 nitrogen and oxygen atoms in total. The Kier molecular flexibility index (Phi) is 4.14. The fourth-order valence-corrected chi connectivity index (χ4v) is 1.59. The Labute approximate surface area is 87.1 Å². The minimum atomic E-state index is 1.09. The normalized spacial score (nSPS) is 19.7. The Morgan fingerprint density at radius 1 is 1.14 bits per heavy atom. The molecule has 0 amide bonds. The summed E-state index contributed by atoms with van der Waals surface area (Å²) in [5.74, 6) is 1.12. The van der Waals surface area contributed by atoms with E-state index in [1.807, 2.05) is 7.05 Å². The number of aliphatic imine (C=N–C) groups is 1. The van der Waals surface area contributed by atoms with Crippen molar-refractivity contribution in [2.75, 3.05) is 40.3 Å². The van der Waals surface area contributed by atoms with Gasteiger partial charge in [-0.25, -0.2) is 0 Å². The molecule has 0 unspecified atom stereocenters. The molecule has 1 saturated heterocycles. The van der Waals surface area contributed by atoms with Crippen molar-refractivity contribution in [2.45, 2.75) is 13.8 Å². The fourth-order valence-electron chi connectivity index (χ4n) is 1.59. The molecule has 14 heavy (non-hydrogen) atoms. The molecule has 0 bridgehead atoms. The van der Waals surface area contributed by atoms with Gasteiger partial charge in [-0.15, -0.1) is 0 Å². The van der Waals surface area contributed by atoms with Crippen LogP contribution in [0.5, 0.6) is 0 Å². The first-order chi connectivity index (χ1) is 6.63. The maximum absolute atomic E-state index is 4.32. The van der Waals surface area contributed by atoms with Crippen molar-refractivity contribution in [3.63, 3.8) is 0 Å². The van der Waals surface area contributed by atoms with Crippen LogP contribution in [-0.2, 0) is 0 Å². The number of hydrogen-bond acceptors (Lipinski definition) is 2. The first-order valence-corrected chi connectivity index (χ1v) is 5.18. The van der Waals surface area contributed by atoms with Crippen LogP contribution in [-0.4, -0.2) is 55.9 Å². The van der Waals surface area contributed by atoms with E-state index in [4.69, 9.17) is 0 Å². The summed E-state index contributed by atoms with van der Waals surface area (Å²) < 4.78 is 0. The van der Waals surface area contributed by atoms with E-state index in [0.717, 1.165) is 32.0 Å². The highest BCUT2D eigenvalue weighted by atomic mass is 15.3. The van der Waals surface area contributed by atoms with Crippen molar-refractivity contribution in [3.8, 4) is 0 Å². The fraction of sp³-hybridized carbons (Fsp3) is 0.727. The Hall–Kier alpha value is -0.830. The molecular formula is C11H21N3. The summed E-state index contributed by atoms with van der Waals surface area (Å²) in [6.07, 6.45) is 2.16. The van der Waals surface area contributed by atoms with Crippen molar-refractivity contribution < 1.29 is 0 Å². The van der Waals surface area contributed by atoms with E-state index >= 15 is 0 Å². The standard InChI is InChI=1S/C11H21N3/c1-10(2)9-11(12-3)14-7-5-13(4)6-8-14/h9H,5-8H2,1-4H3. The predicted octanol–water partition coefficient (Wildman–Crippen LogP) is 1.23. The minimum Gasteiger partial charge on any atom is -0.354 e. The van der Waals surface area contributed by atoms with Gasteiger partial charge in [0, 0.05) is 33.2 Å². The molecule has 80 valence electrons. The van der Waals surface area contributed by atoms with Crippen molar-refractivity contribution >= 4 is 5.84 Å². The Balaban J connectivity index is 2.59. The summed E-state index contributed by atoms with van der Waals surface area (Å²) in [5.41, 5.74) is 1.31. The van der Waals surface area contributed by atoms with E-state index in [0.29, 0.717) is 0 Å². The molecule has 0 spiro atoms. The van der Waals surface area contributed by atoms with Crippen molar-refractivity contribution in [2.24, 2.45) is 4.99 Å². The summed E-state index contributed by atoms with van der Waals surface area (Å²) in [6.45, 7) is 8.67. The van der Waals surface area contributed by atoms with Crippen LogP contribution >= 0.6 is 0 Å². The van der Waals surface area contributed by atoms with E-state index in [2.05, 4.69) is 41.8 Å². The topological polar surface area (TPSA) is 18.8 Å². The number of hydrogen-bond donors (Lipinski definition) is 0. The maximum Gasteiger partial charge on any atom is 0.123 e. The number of allylic oxidation sites excluding steroid dienone is 1. The van der Waals surface area contributed by atoms with Crippen LogP contribution in [0, 0.1) is 0 Å². The van der Waals surface area contributed by atoms with E-state index in [1.165, 1.54) is 5.57 Å². The molecule has 1 aliphatic heterocycles. The smallest absolute Gasteiger partial charge is 0.123 e. The van der Waals surface area contributed by atoms with Gasteiger partial charge in [-0.05, 0) is 27.0 Å². The predicted molar refractivity (Wildman–Crippen MR) is 61.9 cm³/mol. The molecule has 0 aromatic rings. The van der Waals surface area contributed by atoms with Gasteiger partial charge in [0.1, 0.15) is 5.84 Å². The van der Waals surface area contributed by atoms with Crippen LogP contribution < -0.4 is 0 Å². The van der Waals surface area contributed by atoms with E-state index < -0.39 is 0 Å². The first-order valence-electron chi connectivity index (χ1n) is 5.18. The molecule has 0 N–H and O–H groups in total. The molecule has 1 aliphatic rings. The van der Waals surface area contributed by atoms with Crippen molar-refractivity contribution in [1.29, 1.82) is 0 Å². The summed E-state index contributed by atoms with van der Waals surface area (Å²) in [7, 11) is 4.04. The lowest BCUT2D eigenvalue weighted by Gasteiger charge is -2.33. The highest BCUT2D eigenvalue weighted by Gasteiger charge is 2.15. The lowest BCUT2D eigenvalue weighted by molar-refractivity contribution is 0.216. The molecule has 0 saturated carbocycles. The molecule has 0 atom stereocenters. The molecule has 1 heterocycles. The SMILES string of the molecule is CN=C(C=C(C)C)N1CCN(C)CC1. The molecule has 3 heteroatoms. The quantitative estimate of drug-likeness (QED) is 0.463. The van der Waals surface area contributed by atoms with Gasteiger partial charge in [-0.1, -0.05) is 5.57 Å². The van der Waals surface area contributed by atoms with Crippen LogP contribution in [0.25, 0.3) is 0 Å². The Bertz CT molecular complexity index is 231. The van der Waals surface area contributed by atoms with Gasteiger partial charge in [0.2, 0.25) is 0 Å². The monoisotopic (exact) mass is 195 g/mol. The minimum absolute atomic E-state index is 1.09. The highest BCUT2D eigenvalue weighted by molar-refractivity contribution is 5.93. The molecular weight excluding hydrogens is 174 g/mol. The second-order valence-corrected chi connectivity index (χ2v) is 4.09. The number of amidine groups is 1. The van der Waals surface area contributed by atoms with Crippen molar-refractivity contribution in [1.82, 2.24) is 9.80 Å². The largest absolute Gasteiger partial charge is 0.354 e. The van der Waals surface area contributed by atoms with Gasteiger partial charge < -0.3 is 9.80 Å². The number of piperazine rings is 1.